The average molecular weight is 212 g/mol. The van der Waals surface area contributed by atoms with Crippen molar-refractivity contribution in [3.05, 3.63) is 22.6 Å². The Balaban J connectivity index is 2.96. The number of H-pyrrole nitrogens is 1. The van der Waals surface area contributed by atoms with Gasteiger partial charge in [-0.25, -0.2) is 0 Å². The molecule has 1 N–H and O–H groups in total. The minimum absolute atomic E-state index is 0.832. The van der Waals surface area contributed by atoms with Gasteiger partial charge in [-0.3, -0.25) is 10.1 Å². The first-order valence-corrected chi connectivity index (χ1v) is 4.03. The monoisotopic (exact) mass is 211 g/mol. The normalized spacial score (nSPS) is 10.7. The molecule has 2 rings (SSSR count). The van der Waals surface area contributed by atoms with E-state index in [1.165, 1.54) is 0 Å². The van der Waals surface area contributed by atoms with Gasteiger partial charge in [0.05, 0.1) is 10.9 Å². The van der Waals surface area contributed by atoms with Gasteiger partial charge in [0.15, 0.2) is 0 Å². The molecule has 0 saturated carbocycles. The molecule has 0 spiro atoms. The van der Waals surface area contributed by atoms with E-state index in [4.69, 9.17) is 0 Å². The molecule has 11 heavy (non-hydrogen) atoms. The number of aryl methyl sites for hydroxylation is 1. The average Bonchev–Trinajstić information content (AvgIpc) is 2.34. The SMILES string of the molecule is Cc1nccc2[nH]nc(Br)c12. The van der Waals surface area contributed by atoms with Gasteiger partial charge in [-0.2, -0.15) is 5.10 Å². The molecule has 0 bridgehead atoms. The quantitative estimate of drug-likeness (QED) is 0.725. The van der Waals surface area contributed by atoms with Crippen LogP contribution in [-0.2, 0) is 0 Å². The van der Waals surface area contributed by atoms with Crippen molar-refractivity contribution >= 4 is 26.8 Å². The lowest BCUT2D eigenvalue weighted by Gasteiger charge is -1.91. The number of halogens is 1. The van der Waals surface area contributed by atoms with Crippen molar-refractivity contribution in [3.63, 3.8) is 0 Å². The maximum Gasteiger partial charge on any atom is 0.137 e. The van der Waals surface area contributed by atoms with Crippen LogP contribution in [0.15, 0.2) is 16.9 Å². The highest BCUT2D eigenvalue weighted by molar-refractivity contribution is 9.10. The number of fused-ring (bicyclic) bond motifs is 1. The van der Waals surface area contributed by atoms with E-state index in [-0.39, 0.29) is 0 Å². The Labute approximate surface area is 72.0 Å². The largest absolute Gasteiger partial charge is 0.277 e. The summed E-state index contributed by atoms with van der Waals surface area (Å²) in [5, 5.41) is 7.96. The fraction of sp³-hybridized carbons (Fsp3) is 0.143. The Morgan fingerprint density at radius 1 is 1.55 bits per heavy atom. The van der Waals surface area contributed by atoms with Crippen molar-refractivity contribution in [2.75, 3.05) is 0 Å². The summed E-state index contributed by atoms with van der Waals surface area (Å²) >= 11 is 3.34. The van der Waals surface area contributed by atoms with Crippen molar-refractivity contribution in [2.45, 2.75) is 6.92 Å². The number of aromatic nitrogens is 3. The van der Waals surface area contributed by atoms with Gasteiger partial charge in [0.2, 0.25) is 0 Å². The van der Waals surface area contributed by atoms with Crippen LogP contribution in [0.5, 0.6) is 0 Å². The number of aromatic amines is 1. The molecular formula is C7H6BrN3. The fourth-order valence-electron chi connectivity index (χ4n) is 1.09. The second-order valence-corrected chi connectivity index (χ2v) is 3.08. The van der Waals surface area contributed by atoms with Gasteiger partial charge < -0.3 is 0 Å². The molecule has 2 heterocycles. The van der Waals surface area contributed by atoms with Gasteiger partial charge >= 0.3 is 0 Å². The maximum atomic E-state index is 4.15. The van der Waals surface area contributed by atoms with Crippen LogP contribution >= 0.6 is 15.9 Å². The summed E-state index contributed by atoms with van der Waals surface area (Å²) < 4.78 is 0.832. The van der Waals surface area contributed by atoms with E-state index in [0.29, 0.717) is 0 Å². The van der Waals surface area contributed by atoms with Crippen molar-refractivity contribution in [3.8, 4) is 0 Å². The molecular weight excluding hydrogens is 206 g/mol. The Morgan fingerprint density at radius 3 is 3.09 bits per heavy atom. The van der Waals surface area contributed by atoms with Crippen LogP contribution in [0.3, 0.4) is 0 Å². The van der Waals surface area contributed by atoms with Crippen molar-refractivity contribution in [2.24, 2.45) is 0 Å². The number of hydrogen-bond donors (Lipinski definition) is 1. The number of pyridine rings is 1. The summed E-state index contributed by atoms with van der Waals surface area (Å²) in [7, 11) is 0. The Hall–Kier alpha value is -0.900. The van der Waals surface area contributed by atoms with Crippen molar-refractivity contribution < 1.29 is 0 Å². The van der Waals surface area contributed by atoms with Crippen LogP contribution < -0.4 is 0 Å². The molecule has 4 heteroatoms. The van der Waals surface area contributed by atoms with E-state index >= 15 is 0 Å². The van der Waals surface area contributed by atoms with Crippen molar-refractivity contribution in [1.82, 2.24) is 15.2 Å². The van der Waals surface area contributed by atoms with Gasteiger partial charge in [-0.1, -0.05) is 0 Å². The lowest BCUT2D eigenvalue weighted by Crippen LogP contribution is -1.79. The molecule has 0 fully saturated rings. The van der Waals surface area contributed by atoms with Gasteiger partial charge in [0.25, 0.3) is 0 Å². The topological polar surface area (TPSA) is 41.6 Å². The Morgan fingerprint density at radius 2 is 2.36 bits per heavy atom. The first kappa shape index (κ1) is 6.79. The predicted octanol–water partition coefficient (Wildman–Crippen LogP) is 2.03. The first-order chi connectivity index (χ1) is 5.29. The third kappa shape index (κ3) is 0.939. The Kier molecular flexibility index (Phi) is 1.42. The summed E-state index contributed by atoms with van der Waals surface area (Å²) in [4.78, 5) is 4.15. The number of nitrogens with zero attached hydrogens (tertiary/aromatic N) is 2. The number of rotatable bonds is 0. The van der Waals surface area contributed by atoms with Crippen LogP contribution in [-0.4, -0.2) is 15.2 Å². The molecule has 0 unspecified atom stereocenters. The third-order valence-corrected chi connectivity index (χ3v) is 2.20. The number of hydrogen-bond acceptors (Lipinski definition) is 2. The van der Waals surface area contributed by atoms with E-state index in [1.54, 1.807) is 6.20 Å². The van der Waals surface area contributed by atoms with E-state index in [9.17, 15) is 0 Å². The highest BCUT2D eigenvalue weighted by atomic mass is 79.9. The van der Waals surface area contributed by atoms with Crippen molar-refractivity contribution in [1.29, 1.82) is 0 Å². The van der Waals surface area contributed by atoms with Crippen LogP contribution in [0, 0.1) is 6.92 Å². The highest BCUT2D eigenvalue weighted by Crippen LogP contribution is 2.21. The van der Waals surface area contributed by atoms with Gasteiger partial charge in [0.1, 0.15) is 4.60 Å². The van der Waals surface area contributed by atoms with E-state index in [0.717, 1.165) is 21.2 Å². The zero-order valence-corrected chi connectivity index (χ0v) is 7.51. The minimum atomic E-state index is 0.832. The predicted molar refractivity (Wildman–Crippen MR) is 46.3 cm³/mol. The molecule has 56 valence electrons. The van der Waals surface area contributed by atoms with E-state index in [2.05, 4.69) is 31.1 Å². The molecule has 0 aliphatic carbocycles. The maximum absolute atomic E-state index is 4.15. The van der Waals surface area contributed by atoms with Gasteiger partial charge in [-0.15, -0.1) is 0 Å². The summed E-state index contributed by atoms with van der Waals surface area (Å²) in [5.41, 5.74) is 2.01. The molecule has 0 atom stereocenters. The second kappa shape index (κ2) is 2.30. The molecule has 0 radical (unpaired) electrons. The molecule has 0 aromatic carbocycles. The molecule has 0 aliphatic heterocycles. The summed E-state index contributed by atoms with van der Waals surface area (Å²) in [6.45, 7) is 1.96. The van der Waals surface area contributed by atoms with E-state index in [1.807, 2.05) is 13.0 Å². The Bertz CT molecular complexity index is 393. The van der Waals surface area contributed by atoms with Crippen LogP contribution in [0.2, 0.25) is 0 Å². The zero-order chi connectivity index (χ0) is 7.84. The second-order valence-electron chi connectivity index (χ2n) is 2.33. The number of nitrogens with one attached hydrogen (secondary N) is 1. The van der Waals surface area contributed by atoms with Crippen LogP contribution in [0.4, 0.5) is 0 Å². The molecule has 0 amide bonds. The molecule has 0 saturated heterocycles. The molecule has 0 aliphatic rings. The standard InChI is InChI=1S/C7H6BrN3/c1-4-6-5(2-3-9-4)10-11-7(6)8/h2-3H,1H3,(H,10,11). The molecule has 2 aromatic heterocycles. The minimum Gasteiger partial charge on any atom is -0.277 e. The van der Waals surface area contributed by atoms with E-state index < -0.39 is 0 Å². The highest BCUT2D eigenvalue weighted by Gasteiger charge is 2.04. The molecule has 3 nitrogen and oxygen atoms in total. The lowest BCUT2D eigenvalue weighted by molar-refractivity contribution is 1.10. The van der Waals surface area contributed by atoms with Gasteiger partial charge in [0, 0.05) is 11.9 Å². The zero-order valence-electron chi connectivity index (χ0n) is 5.93. The third-order valence-electron chi connectivity index (χ3n) is 1.62. The van der Waals surface area contributed by atoms with Gasteiger partial charge in [-0.05, 0) is 28.9 Å². The summed E-state index contributed by atoms with van der Waals surface area (Å²) in [5.74, 6) is 0. The lowest BCUT2D eigenvalue weighted by atomic mass is 10.3. The molecule has 2 aromatic rings. The summed E-state index contributed by atoms with van der Waals surface area (Å²) in [6.07, 6.45) is 1.77. The first-order valence-electron chi connectivity index (χ1n) is 3.24. The summed E-state index contributed by atoms with van der Waals surface area (Å²) in [6, 6.07) is 1.90. The van der Waals surface area contributed by atoms with Crippen LogP contribution in [0.1, 0.15) is 5.69 Å². The van der Waals surface area contributed by atoms with Crippen LogP contribution in [0.25, 0.3) is 10.9 Å². The smallest absolute Gasteiger partial charge is 0.137 e. The fourth-order valence-corrected chi connectivity index (χ4v) is 1.67.